The van der Waals surface area contributed by atoms with Crippen LogP contribution in [0.4, 0.5) is 11.4 Å². The molecule has 32 heavy (non-hydrogen) atoms. The quantitative estimate of drug-likeness (QED) is 0.466. The molecule has 3 rings (SSSR count). The van der Waals surface area contributed by atoms with E-state index in [4.69, 9.17) is 5.11 Å². The van der Waals surface area contributed by atoms with Crippen LogP contribution < -0.4 is 10.0 Å². The van der Waals surface area contributed by atoms with Crippen LogP contribution in [-0.4, -0.2) is 31.2 Å². The molecule has 0 atom stereocenters. The van der Waals surface area contributed by atoms with E-state index in [1.54, 1.807) is 19.1 Å². The molecule has 0 saturated carbocycles. The van der Waals surface area contributed by atoms with Crippen LogP contribution in [0.5, 0.6) is 0 Å². The number of aryl methyl sites for hydroxylation is 1. The maximum absolute atomic E-state index is 13.0. The highest BCUT2D eigenvalue weighted by molar-refractivity contribution is 7.92. The molecule has 1 amide bonds. The van der Waals surface area contributed by atoms with E-state index in [0.717, 1.165) is 0 Å². The lowest BCUT2D eigenvalue weighted by atomic mass is 10.1. The molecule has 0 heterocycles. The number of aromatic carboxylic acids is 1. The van der Waals surface area contributed by atoms with Crippen molar-refractivity contribution in [1.82, 2.24) is 0 Å². The second kappa shape index (κ2) is 9.03. The number of amides is 1. The van der Waals surface area contributed by atoms with Crippen LogP contribution in [0.15, 0.2) is 71.6 Å². The Labute approximate surface area is 185 Å². The Morgan fingerprint density at radius 2 is 1.44 bits per heavy atom. The average Bonchev–Trinajstić information content (AvgIpc) is 2.73. The number of sulfonamides is 1. The largest absolute Gasteiger partial charge is 0.478 e. The molecule has 0 aliphatic heterocycles. The van der Waals surface area contributed by atoms with Gasteiger partial charge in [-0.25, -0.2) is 13.2 Å². The molecule has 164 valence electrons. The molecule has 0 saturated heterocycles. The summed E-state index contributed by atoms with van der Waals surface area (Å²) >= 11 is 0. The zero-order chi connectivity index (χ0) is 23.5. The van der Waals surface area contributed by atoms with E-state index < -0.39 is 21.9 Å². The maximum Gasteiger partial charge on any atom is 0.335 e. The second-order valence-electron chi connectivity index (χ2n) is 7.06. The molecular weight excluding hydrogens is 432 g/mol. The minimum absolute atomic E-state index is 0.00645. The first kappa shape index (κ1) is 22.7. The number of ketones is 1. The van der Waals surface area contributed by atoms with Crippen molar-refractivity contribution in [2.75, 3.05) is 10.0 Å². The summed E-state index contributed by atoms with van der Waals surface area (Å²) in [5, 5.41) is 11.6. The SMILES string of the molecule is CC(=O)c1cccc(NS(=O)(=O)c2cc(C(=O)Nc3cccc(C(=O)O)c3)ccc2C)c1. The summed E-state index contributed by atoms with van der Waals surface area (Å²) in [7, 11) is -4.05. The van der Waals surface area contributed by atoms with Crippen LogP contribution in [0.2, 0.25) is 0 Å². The minimum atomic E-state index is -4.05. The zero-order valence-electron chi connectivity index (χ0n) is 17.2. The first-order valence-corrected chi connectivity index (χ1v) is 10.9. The van der Waals surface area contributed by atoms with Gasteiger partial charge in [0.05, 0.1) is 10.5 Å². The average molecular weight is 452 g/mol. The number of hydrogen-bond donors (Lipinski definition) is 3. The number of benzene rings is 3. The number of Topliss-reactive ketones (excluding diaryl/α,β-unsaturated/α-hetero) is 1. The molecule has 0 fully saturated rings. The molecule has 0 aliphatic rings. The highest BCUT2D eigenvalue weighted by atomic mass is 32.2. The summed E-state index contributed by atoms with van der Waals surface area (Å²) in [5.41, 5.74) is 1.35. The molecule has 8 nitrogen and oxygen atoms in total. The number of nitrogens with one attached hydrogen (secondary N) is 2. The van der Waals surface area contributed by atoms with Crippen molar-refractivity contribution in [3.63, 3.8) is 0 Å². The predicted molar refractivity (Wildman–Crippen MR) is 120 cm³/mol. The van der Waals surface area contributed by atoms with Gasteiger partial charge in [0.2, 0.25) is 0 Å². The van der Waals surface area contributed by atoms with E-state index in [-0.39, 0.29) is 33.2 Å². The van der Waals surface area contributed by atoms with E-state index in [2.05, 4.69) is 10.0 Å². The number of carboxylic acid groups (broad SMARTS) is 1. The van der Waals surface area contributed by atoms with Crippen molar-refractivity contribution in [2.45, 2.75) is 18.7 Å². The summed E-state index contributed by atoms with van der Waals surface area (Å²) in [6, 6.07) is 16.0. The van der Waals surface area contributed by atoms with Crippen molar-refractivity contribution >= 4 is 39.1 Å². The topological polar surface area (TPSA) is 130 Å². The lowest BCUT2D eigenvalue weighted by molar-refractivity contribution is 0.0696. The van der Waals surface area contributed by atoms with Crippen molar-refractivity contribution < 1.29 is 27.9 Å². The molecule has 3 N–H and O–H groups in total. The lowest BCUT2D eigenvalue weighted by Crippen LogP contribution is -2.17. The predicted octanol–water partition coefficient (Wildman–Crippen LogP) is 3.95. The molecule has 9 heteroatoms. The number of carboxylic acids is 1. The van der Waals surface area contributed by atoms with E-state index >= 15 is 0 Å². The molecule has 0 spiro atoms. The Hall–Kier alpha value is -3.98. The third-order valence-electron chi connectivity index (χ3n) is 4.63. The fourth-order valence-corrected chi connectivity index (χ4v) is 4.30. The molecule has 0 radical (unpaired) electrons. The number of carbonyl (C=O) groups is 3. The van der Waals surface area contributed by atoms with Crippen LogP contribution in [0.25, 0.3) is 0 Å². The lowest BCUT2D eigenvalue weighted by Gasteiger charge is -2.13. The Balaban J connectivity index is 1.88. The molecular formula is C23H20N2O6S. The Kier molecular flexibility index (Phi) is 6.40. The van der Waals surface area contributed by atoms with Gasteiger partial charge in [0.25, 0.3) is 15.9 Å². The van der Waals surface area contributed by atoms with Gasteiger partial charge in [-0.15, -0.1) is 0 Å². The summed E-state index contributed by atoms with van der Waals surface area (Å²) < 4.78 is 28.4. The van der Waals surface area contributed by atoms with Gasteiger partial charge >= 0.3 is 5.97 Å². The van der Waals surface area contributed by atoms with Gasteiger partial charge in [0, 0.05) is 22.5 Å². The van der Waals surface area contributed by atoms with Gasteiger partial charge in [-0.1, -0.05) is 24.3 Å². The van der Waals surface area contributed by atoms with Gasteiger partial charge in [0.15, 0.2) is 5.78 Å². The van der Waals surface area contributed by atoms with Gasteiger partial charge in [-0.2, -0.15) is 0 Å². The van der Waals surface area contributed by atoms with Crippen molar-refractivity contribution in [2.24, 2.45) is 0 Å². The number of anilines is 2. The zero-order valence-corrected chi connectivity index (χ0v) is 18.1. The fourth-order valence-electron chi connectivity index (χ4n) is 2.98. The van der Waals surface area contributed by atoms with Crippen LogP contribution in [0.1, 0.15) is 43.6 Å². The fraction of sp³-hybridized carbons (Fsp3) is 0.0870. The van der Waals surface area contributed by atoms with Crippen molar-refractivity contribution in [3.8, 4) is 0 Å². The van der Waals surface area contributed by atoms with Gasteiger partial charge < -0.3 is 10.4 Å². The molecule has 0 aromatic heterocycles. The van der Waals surface area contributed by atoms with E-state index in [1.165, 1.54) is 61.5 Å². The third-order valence-corrected chi connectivity index (χ3v) is 6.15. The Morgan fingerprint density at radius 1 is 0.812 bits per heavy atom. The molecule has 0 bridgehead atoms. The number of hydrogen-bond acceptors (Lipinski definition) is 5. The third kappa shape index (κ3) is 5.19. The smallest absolute Gasteiger partial charge is 0.335 e. The summed E-state index contributed by atoms with van der Waals surface area (Å²) in [4.78, 5) is 35.2. The highest BCUT2D eigenvalue weighted by Crippen LogP contribution is 2.22. The molecule has 0 aliphatic carbocycles. The first-order valence-electron chi connectivity index (χ1n) is 9.46. The van der Waals surface area contributed by atoms with E-state index in [1.807, 2.05) is 0 Å². The molecule has 0 unspecified atom stereocenters. The maximum atomic E-state index is 13.0. The van der Waals surface area contributed by atoms with Crippen LogP contribution in [0, 0.1) is 6.92 Å². The van der Waals surface area contributed by atoms with Crippen LogP contribution >= 0.6 is 0 Å². The molecule has 3 aromatic rings. The number of carbonyl (C=O) groups excluding carboxylic acids is 2. The van der Waals surface area contributed by atoms with Gasteiger partial charge in [-0.3, -0.25) is 14.3 Å². The van der Waals surface area contributed by atoms with Crippen LogP contribution in [0.3, 0.4) is 0 Å². The van der Waals surface area contributed by atoms with E-state index in [9.17, 15) is 22.8 Å². The molecule has 3 aromatic carbocycles. The normalized spacial score (nSPS) is 10.9. The van der Waals surface area contributed by atoms with Crippen molar-refractivity contribution in [3.05, 3.63) is 89.0 Å². The number of rotatable bonds is 7. The van der Waals surface area contributed by atoms with Gasteiger partial charge in [0.1, 0.15) is 0 Å². The van der Waals surface area contributed by atoms with Crippen molar-refractivity contribution in [1.29, 1.82) is 0 Å². The minimum Gasteiger partial charge on any atom is -0.478 e. The van der Waals surface area contributed by atoms with Gasteiger partial charge in [-0.05, 0) is 61.9 Å². The first-order chi connectivity index (χ1) is 15.1. The highest BCUT2D eigenvalue weighted by Gasteiger charge is 2.20. The van der Waals surface area contributed by atoms with Crippen LogP contribution in [-0.2, 0) is 10.0 Å². The summed E-state index contributed by atoms with van der Waals surface area (Å²) in [6.07, 6.45) is 0. The summed E-state index contributed by atoms with van der Waals surface area (Å²) in [5.74, 6) is -1.93. The monoisotopic (exact) mass is 452 g/mol. The Bertz CT molecular complexity index is 1330. The summed E-state index contributed by atoms with van der Waals surface area (Å²) in [6.45, 7) is 2.98. The van der Waals surface area contributed by atoms with E-state index in [0.29, 0.717) is 11.1 Å². The second-order valence-corrected chi connectivity index (χ2v) is 8.71. The standard InChI is InChI=1S/C23H20N2O6S/c1-14-9-10-17(22(27)24-19-7-4-6-18(12-19)23(28)29)13-21(14)32(30,31)25-20-8-3-5-16(11-20)15(2)26/h3-13,25H,1-2H3,(H,24,27)(H,28,29). The Morgan fingerprint density at radius 3 is 2.09 bits per heavy atom.